The van der Waals surface area contributed by atoms with Crippen molar-refractivity contribution in [3.8, 4) is 0 Å². The molecule has 0 bridgehead atoms. The predicted octanol–water partition coefficient (Wildman–Crippen LogP) is 2.01. The second kappa shape index (κ2) is 7.76. The summed E-state index contributed by atoms with van der Waals surface area (Å²) in [5.41, 5.74) is 0.474. The molecule has 1 rings (SSSR count). The summed E-state index contributed by atoms with van der Waals surface area (Å²) in [6.45, 7) is 2.62. The Morgan fingerprint density at radius 3 is 2.53 bits per heavy atom. The second-order valence-electron chi connectivity index (χ2n) is 3.84. The van der Waals surface area contributed by atoms with Crippen LogP contribution in [0.1, 0.15) is 24.9 Å². The Hall–Kier alpha value is -1.59. The van der Waals surface area contributed by atoms with Gasteiger partial charge in [0.1, 0.15) is 0 Å². The Balaban J connectivity index is 2.65. The van der Waals surface area contributed by atoms with Gasteiger partial charge in [-0.3, -0.25) is 4.79 Å². The zero-order valence-corrected chi connectivity index (χ0v) is 11.3. The zero-order chi connectivity index (χ0) is 14.3. The Kier molecular flexibility index (Phi) is 6.32. The Morgan fingerprint density at radius 1 is 1.37 bits per heavy atom. The first-order valence-electron chi connectivity index (χ1n) is 5.90. The van der Waals surface area contributed by atoms with Gasteiger partial charge < -0.3 is 15.2 Å². The summed E-state index contributed by atoms with van der Waals surface area (Å²) in [7, 11) is 0. The lowest BCUT2D eigenvalue weighted by Gasteiger charge is -2.15. The molecular formula is C13H16ClNO4. The van der Waals surface area contributed by atoms with Gasteiger partial charge in [-0.2, -0.15) is 0 Å². The van der Waals surface area contributed by atoms with E-state index in [0.717, 1.165) is 0 Å². The number of rotatable bonds is 7. The van der Waals surface area contributed by atoms with Crippen LogP contribution in [0, 0.1) is 0 Å². The fourth-order valence-corrected chi connectivity index (χ4v) is 1.61. The van der Waals surface area contributed by atoms with Gasteiger partial charge in [0.25, 0.3) is 0 Å². The van der Waals surface area contributed by atoms with Crippen LogP contribution in [0.15, 0.2) is 24.3 Å². The van der Waals surface area contributed by atoms with Gasteiger partial charge in [-0.25, -0.2) is 4.79 Å². The van der Waals surface area contributed by atoms with Crippen molar-refractivity contribution < 1.29 is 19.4 Å². The maximum atomic E-state index is 11.6. The molecule has 2 N–H and O–H groups in total. The topological polar surface area (TPSA) is 75.6 Å². The van der Waals surface area contributed by atoms with Gasteiger partial charge in [-0.1, -0.05) is 23.7 Å². The number of carbonyl (C=O) groups excluding carboxylic acids is 1. The van der Waals surface area contributed by atoms with E-state index < -0.39 is 12.0 Å². The number of aliphatic carboxylic acids is 1. The second-order valence-corrected chi connectivity index (χ2v) is 4.27. The average Bonchev–Trinajstić information content (AvgIpc) is 2.37. The Labute approximate surface area is 116 Å². The van der Waals surface area contributed by atoms with Crippen molar-refractivity contribution in [1.82, 2.24) is 5.32 Å². The van der Waals surface area contributed by atoms with Gasteiger partial charge in [0.2, 0.25) is 5.91 Å². The van der Waals surface area contributed by atoms with Crippen molar-refractivity contribution in [2.75, 3.05) is 13.2 Å². The Morgan fingerprint density at radius 2 is 2.00 bits per heavy atom. The van der Waals surface area contributed by atoms with E-state index in [9.17, 15) is 9.59 Å². The van der Waals surface area contributed by atoms with E-state index in [1.165, 1.54) is 0 Å². The summed E-state index contributed by atoms with van der Waals surface area (Å²) in [5, 5.41) is 12.1. The third-order valence-electron chi connectivity index (χ3n) is 2.43. The maximum Gasteiger partial charge on any atom is 0.330 e. The molecule has 6 heteroatoms. The Bertz CT molecular complexity index is 433. The zero-order valence-electron chi connectivity index (χ0n) is 10.6. The minimum Gasteiger partial charge on any atom is -0.479 e. The molecule has 0 heterocycles. The third kappa shape index (κ3) is 5.28. The highest BCUT2D eigenvalue weighted by atomic mass is 35.5. The van der Waals surface area contributed by atoms with E-state index in [4.69, 9.17) is 21.4 Å². The number of hydrogen-bond acceptors (Lipinski definition) is 3. The van der Waals surface area contributed by atoms with Crippen LogP contribution in [0.25, 0.3) is 0 Å². The molecule has 5 nitrogen and oxygen atoms in total. The molecule has 0 fully saturated rings. The smallest absolute Gasteiger partial charge is 0.330 e. The van der Waals surface area contributed by atoms with Gasteiger partial charge >= 0.3 is 5.97 Å². The molecule has 19 heavy (non-hydrogen) atoms. The molecule has 0 aromatic heterocycles. The predicted molar refractivity (Wildman–Crippen MR) is 71.1 cm³/mol. The first-order chi connectivity index (χ1) is 9.04. The standard InChI is InChI=1S/C13H16ClNO4/c1-2-19-8-7-11(16)15-12(13(17)18)9-3-5-10(14)6-4-9/h3-6,12H,2,7-8H2,1H3,(H,15,16)(H,17,18). The monoisotopic (exact) mass is 285 g/mol. The SMILES string of the molecule is CCOCCC(=O)NC(C(=O)O)c1ccc(Cl)cc1. The molecule has 0 spiro atoms. The number of nitrogens with one attached hydrogen (secondary N) is 1. The van der Waals surface area contributed by atoms with Crippen molar-refractivity contribution in [3.63, 3.8) is 0 Å². The van der Waals surface area contributed by atoms with Crippen LogP contribution >= 0.6 is 11.6 Å². The highest BCUT2D eigenvalue weighted by molar-refractivity contribution is 6.30. The molecule has 0 radical (unpaired) electrons. The van der Waals surface area contributed by atoms with E-state index in [1.54, 1.807) is 24.3 Å². The molecule has 0 saturated carbocycles. The van der Waals surface area contributed by atoms with E-state index in [-0.39, 0.29) is 18.9 Å². The summed E-state index contributed by atoms with van der Waals surface area (Å²) in [6.07, 6.45) is 0.130. The average molecular weight is 286 g/mol. The molecule has 0 aliphatic carbocycles. The van der Waals surface area contributed by atoms with Crippen LogP contribution in [-0.4, -0.2) is 30.2 Å². The lowest BCUT2D eigenvalue weighted by atomic mass is 10.1. The van der Waals surface area contributed by atoms with Gasteiger partial charge in [-0.15, -0.1) is 0 Å². The van der Waals surface area contributed by atoms with Gasteiger partial charge in [-0.05, 0) is 24.6 Å². The number of hydrogen-bond donors (Lipinski definition) is 2. The number of carboxylic acids is 1. The van der Waals surface area contributed by atoms with Crippen LogP contribution in [0.3, 0.4) is 0 Å². The number of ether oxygens (including phenoxy) is 1. The summed E-state index contributed by atoms with van der Waals surface area (Å²) in [4.78, 5) is 22.8. The van der Waals surface area contributed by atoms with Crippen LogP contribution in [0.5, 0.6) is 0 Å². The summed E-state index contributed by atoms with van der Waals surface area (Å²) < 4.78 is 5.04. The first-order valence-corrected chi connectivity index (χ1v) is 6.27. The highest BCUT2D eigenvalue weighted by Gasteiger charge is 2.21. The summed E-state index contributed by atoms with van der Waals surface area (Å²) in [6, 6.07) is 5.23. The van der Waals surface area contributed by atoms with E-state index in [1.807, 2.05) is 6.92 Å². The van der Waals surface area contributed by atoms with Crippen molar-refractivity contribution in [2.45, 2.75) is 19.4 Å². The molecule has 1 unspecified atom stereocenters. The van der Waals surface area contributed by atoms with Gasteiger partial charge in [0, 0.05) is 18.1 Å². The molecule has 0 aliphatic rings. The molecule has 1 aromatic rings. The van der Waals surface area contributed by atoms with Crippen LogP contribution < -0.4 is 5.32 Å². The minimum absolute atomic E-state index is 0.130. The lowest BCUT2D eigenvalue weighted by Crippen LogP contribution is -2.34. The molecular weight excluding hydrogens is 270 g/mol. The number of amides is 1. The fraction of sp³-hybridized carbons (Fsp3) is 0.385. The molecule has 1 amide bonds. The van der Waals surface area contributed by atoms with Crippen molar-refractivity contribution in [2.24, 2.45) is 0 Å². The van der Waals surface area contributed by atoms with E-state index in [2.05, 4.69) is 5.32 Å². The van der Waals surface area contributed by atoms with Crippen LogP contribution in [-0.2, 0) is 14.3 Å². The molecule has 0 aliphatic heterocycles. The number of carbonyl (C=O) groups is 2. The van der Waals surface area contributed by atoms with Gasteiger partial charge in [0.05, 0.1) is 6.61 Å². The molecule has 1 aromatic carbocycles. The van der Waals surface area contributed by atoms with Crippen molar-refractivity contribution >= 4 is 23.5 Å². The molecule has 1 atom stereocenters. The van der Waals surface area contributed by atoms with Gasteiger partial charge in [0.15, 0.2) is 6.04 Å². The summed E-state index contributed by atoms with van der Waals surface area (Å²) >= 11 is 5.73. The maximum absolute atomic E-state index is 11.6. The van der Waals surface area contributed by atoms with Crippen molar-refractivity contribution in [1.29, 1.82) is 0 Å². The third-order valence-corrected chi connectivity index (χ3v) is 2.69. The first kappa shape index (κ1) is 15.5. The van der Waals surface area contributed by atoms with E-state index >= 15 is 0 Å². The highest BCUT2D eigenvalue weighted by Crippen LogP contribution is 2.17. The lowest BCUT2D eigenvalue weighted by molar-refractivity contribution is -0.142. The number of benzene rings is 1. The molecule has 0 saturated heterocycles. The van der Waals surface area contributed by atoms with Crippen molar-refractivity contribution in [3.05, 3.63) is 34.9 Å². The quantitative estimate of drug-likeness (QED) is 0.752. The largest absolute Gasteiger partial charge is 0.479 e. The number of halogens is 1. The number of carboxylic acid groups (broad SMARTS) is 1. The normalized spacial score (nSPS) is 11.9. The van der Waals surface area contributed by atoms with E-state index in [0.29, 0.717) is 17.2 Å². The van der Waals surface area contributed by atoms with Crippen LogP contribution in [0.4, 0.5) is 0 Å². The minimum atomic E-state index is -1.12. The summed E-state index contributed by atoms with van der Waals surface area (Å²) in [5.74, 6) is -1.48. The van der Waals surface area contributed by atoms with Crippen LogP contribution in [0.2, 0.25) is 5.02 Å². The fourth-order valence-electron chi connectivity index (χ4n) is 1.49. The molecule has 104 valence electrons.